The first-order chi connectivity index (χ1) is 12.8. The van der Waals surface area contributed by atoms with Crippen molar-refractivity contribution in [3.05, 3.63) is 60.7 Å². The summed E-state index contributed by atoms with van der Waals surface area (Å²) in [5, 5.41) is 4.63. The first-order valence-electron chi connectivity index (χ1n) is 8.75. The SMILES string of the molecule is C=CCn1nc(C)c(-c2c(-c3ccccc3)ncn2CCS(C)(=O)=O)c1C. The maximum Gasteiger partial charge on any atom is 0.149 e. The van der Waals surface area contributed by atoms with E-state index >= 15 is 0 Å². The molecule has 7 heteroatoms. The van der Waals surface area contributed by atoms with Crippen molar-refractivity contribution >= 4 is 9.84 Å². The second-order valence-electron chi connectivity index (χ2n) is 6.65. The van der Waals surface area contributed by atoms with Gasteiger partial charge in [-0.2, -0.15) is 5.10 Å². The van der Waals surface area contributed by atoms with Crippen LogP contribution in [0.25, 0.3) is 22.5 Å². The molecule has 0 aliphatic heterocycles. The van der Waals surface area contributed by atoms with Crippen LogP contribution in [0, 0.1) is 13.8 Å². The standard InChI is InChI=1S/C20H24N4O2S/c1-5-11-24-16(3)18(15(2)22-24)20-19(17-9-7-6-8-10-17)21-14-23(20)12-13-27(4,25)26/h5-10,14H,1,11-13H2,2-4H3. The number of aromatic nitrogens is 4. The molecule has 0 unspecified atom stereocenters. The molecule has 0 aliphatic carbocycles. The lowest BCUT2D eigenvalue weighted by Crippen LogP contribution is -2.12. The van der Waals surface area contributed by atoms with E-state index in [2.05, 4.69) is 16.7 Å². The Kier molecular flexibility index (Phi) is 5.32. The van der Waals surface area contributed by atoms with Crippen LogP contribution in [-0.4, -0.2) is 39.8 Å². The van der Waals surface area contributed by atoms with Gasteiger partial charge >= 0.3 is 0 Å². The maximum atomic E-state index is 11.7. The van der Waals surface area contributed by atoms with Crippen molar-refractivity contribution in [2.75, 3.05) is 12.0 Å². The third-order valence-electron chi connectivity index (χ3n) is 4.51. The Morgan fingerprint density at radius 2 is 1.89 bits per heavy atom. The monoisotopic (exact) mass is 384 g/mol. The Bertz CT molecular complexity index is 1060. The van der Waals surface area contributed by atoms with Gasteiger partial charge in [0.15, 0.2) is 0 Å². The van der Waals surface area contributed by atoms with E-state index in [1.54, 1.807) is 6.33 Å². The third kappa shape index (κ3) is 4.03. The molecule has 142 valence electrons. The van der Waals surface area contributed by atoms with Gasteiger partial charge in [0.25, 0.3) is 0 Å². The van der Waals surface area contributed by atoms with Crippen LogP contribution in [-0.2, 0) is 22.9 Å². The summed E-state index contributed by atoms with van der Waals surface area (Å²) in [7, 11) is -3.08. The van der Waals surface area contributed by atoms with E-state index in [9.17, 15) is 8.42 Å². The van der Waals surface area contributed by atoms with Gasteiger partial charge in [0.2, 0.25) is 0 Å². The van der Waals surface area contributed by atoms with Crippen molar-refractivity contribution in [3.63, 3.8) is 0 Å². The van der Waals surface area contributed by atoms with E-state index in [4.69, 9.17) is 0 Å². The van der Waals surface area contributed by atoms with Crippen LogP contribution in [0.4, 0.5) is 0 Å². The van der Waals surface area contributed by atoms with E-state index in [0.29, 0.717) is 13.1 Å². The van der Waals surface area contributed by atoms with Crippen molar-refractivity contribution in [3.8, 4) is 22.5 Å². The topological polar surface area (TPSA) is 69.8 Å². The fourth-order valence-corrected chi connectivity index (χ4v) is 3.75. The third-order valence-corrected chi connectivity index (χ3v) is 5.43. The van der Waals surface area contributed by atoms with Crippen LogP contribution in [0.15, 0.2) is 49.3 Å². The largest absolute Gasteiger partial charge is 0.329 e. The van der Waals surface area contributed by atoms with E-state index in [0.717, 1.165) is 33.9 Å². The Morgan fingerprint density at radius 1 is 1.19 bits per heavy atom. The number of imidazole rings is 1. The smallest absolute Gasteiger partial charge is 0.149 e. The minimum absolute atomic E-state index is 0.0590. The number of benzene rings is 1. The summed E-state index contributed by atoms with van der Waals surface area (Å²) in [5.74, 6) is 0.0590. The Morgan fingerprint density at radius 3 is 2.52 bits per heavy atom. The lowest BCUT2D eigenvalue weighted by molar-refractivity contribution is 0.595. The van der Waals surface area contributed by atoms with Gasteiger partial charge in [-0.15, -0.1) is 6.58 Å². The van der Waals surface area contributed by atoms with Crippen LogP contribution in [0.2, 0.25) is 0 Å². The van der Waals surface area contributed by atoms with Crippen molar-refractivity contribution in [1.82, 2.24) is 19.3 Å². The van der Waals surface area contributed by atoms with E-state index in [-0.39, 0.29) is 5.75 Å². The summed E-state index contributed by atoms with van der Waals surface area (Å²) in [6.07, 6.45) is 4.77. The van der Waals surface area contributed by atoms with Crippen LogP contribution >= 0.6 is 0 Å². The molecular formula is C20H24N4O2S. The molecule has 0 amide bonds. The highest BCUT2D eigenvalue weighted by molar-refractivity contribution is 7.90. The molecule has 0 saturated heterocycles. The molecule has 2 heterocycles. The molecule has 3 aromatic rings. The van der Waals surface area contributed by atoms with Crippen LogP contribution in [0.3, 0.4) is 0 Å². The van der Waals surface area contributed by atoms with E-state index < -0.39 is 9.84 Å². The highest BCUT2D eigenvalue weighted by atomic mass is 32.2. The number of nitrogens with zero attached hydrogens (tertiary/aromatic N) is 4. The van der Waals surface area contributed by atoms with Gasteiger partial charge in [0.05, 0.1) is 35.7 Å². The van der Waals surface area contributed by atoms with Gasteiger partial charge in [-0.1, -0.05) is 36.4 Å². The van der Waals surface area contributed by atoms with Crippen molar-refractivity contribution in [2.45, 2.75) is 26.9 Å². The number of sulfone groups is 1. The summed E-state index contributed by atoms with van der Waals surface area (Å²) >= 11 is 0. The zero-order chi connectivity index (χ0) is 19.6. The normalized spacial score (nSPS) is 11.7. The van der Waals surface area contributed by atoms with Crippen molar-refractivity contribution in [2.24, 2.45) is 0 Å². The van der Waals surface area contributed by atoms with Crippen LogP contribution in [0.1, 0.15) is 11.4 Å². The molecule has 0 fully saturated rings. The molecule has 1 aromatic carbocycles. The minimum Gasteiger partial charge on any atom is -0.329 e. The first kappa shape index (κ1) is 19.1. The maximum absolute atomic E-state index is 11.7. The zero-order valence-electron chi connectivity index (χ0n) is 15.9. The lowest BCUT2D eigenvalue weighted by Gasteiger charge is -2.11. The van der Waals surface area contributed by atoms with E-state index in [1.807, 2.05) is 59.5 Å². The van der Waals surface area contributed by atoms with Gasteiger partial charge in [0, 0.05) is 29.6 Å². The van der Waals surface area contributed by atoms with Gasteiger partial charge in [-0.05, 0) is 13.8 Å². The van der Waals surface area contributed by atoms with Crippen molar-refractivity contribution < 1.29 is 8.42 Å². The van der Waals surface area contributed by atoms with Crippen molar-refractivity contribution in [1.29, 1.82) is 0 Å². The van der Waals surface area contributed by atoms with Crippen LogP contribution < -0.4 is 0 Å². The highest BCUT2D eigenvalue weighted by Crippen LogP contribution is 2.35. The summed E-state index contributed by atoms with van der Waals surface area (Å²) in [5.41, 5.74) is 5.59. The average molecular weight is 385 g/mol. The molecule has 0 aliphatic rings. The Hall–Kier alpha value is -2.67. The average Bonchev–Trinajstić information content (AvgIpc) is 3.14. The summed E-state index contributed by atoms with van der Waals surface area (Å²) in [6, 6.07) is 9.91. The molecule has 0 spiro atoms. The number of hydrogen-bond acceptors (Lipinski definition) is 4. The molecule has 6 nitrogen and oxygen atoms in total. The molecule has 2 aromatic heterocycles. The number of allylic oxidation sites excluding steroid dienone is 1. The van der Waals surface area contributed by atoms with Gasteiger partial charge < -0.3 is 4.57 Å². The van der Waals surface area contributed by atoms with Gasteiger partial charge in [-0.3, -0.25) is 4.68 Å². The predicted octanol–water partition coefficient (Wildman–Crippen LogP) is 3.26. The number of aryl methyl sites for hydroxylation is 2. The van der Waals surface area contributed by atoms with Gasteiger partial charge in [0.1, 0.15) is 9.84 Å². The molecule has 3 rings (SSSR count). The minimum atomic E-state index is -3.08. The zero-order valence-corrected chi connectivity index (χ0v) is 16.7. The quantitative estimate of drug-likeness (QED) is 0.586. The molecule has 0 bridgehead atoms. The molecule has 27 heavy (non-hydrogen) atoms. The van der Waals surface area contributed by atoms with Gasteiger partial charge in [-0.25, -0.2) is 13.4 Å². The molecule has 0 radical (unpaired) electrons. The fraction of sp³-hybridized carbons (Fsp3) is 0.300. The molecule has 0 atom stereocenters. The molecule has 0 saturated carbocycles. The van der Waals surface area contributed by atoms with E-state index in [1.165, 1.54) is 6.26 Å². The first-order valence-corrected chi connectivity index (χ1v) is 10.8. The second-order valence-corrected chi connectivity index (χ2v) is 8.91. The second kappa shape index (κ2) is 7.52. The summed E-state index contributed by atoms with van der Waals surface area (Å²) in [6.45, 7) is 8.73. The number of rotatable bonds is 7. The summed E-state index contributed by atoms with van der Waals surface area (Å²) in [4.78, 5) is 4.61. The summed E-state index contributed by atoms with van der Waals surface area (Å²) < 4.78 is 27.2. The molecule has 0 N–H and O–H groups in total. The fourth-order valence-electron chi connectivity index (χ4n) is 3.22. The predicted molar refractivity (Wildman–Crippen MR) is 108 cm³/mol. The number of hydrogen-bond donors (Lipinski definition) is 0. The van der Waals surface area contributed by atoms with Crippen LogP contribution in [0.5, 0.6) is 0 Å². The highest BCUT2D eigenvalue weighted by Gasteiger charge is 2.22. The Labute approximate surface area is 160 Å². The Balaban J connectivity index is 2.20. The molecular weight excluding hydrogens is 360 g/mol. The lowest BCUT2D eigenvalue weighted by atomic mass is 10.0.